The Morgan fingerprint density at radius 2 is 1.84 bits per heavy atom. The minimum absolute atomic E-state index is 0.0354. The van der Waals surface area contributed by atoms with Crippen molar-refractivity contribution in [2.24, 2.45) is 35.0 Å². The fraction of sp³-hybridized carbons (Fsp3) is 0.714. The zero-order valence-corrected chi connectivity index (χ0v) is 20.7. The van der Waals surface area contributed by atoms with Crippen molar-refractivity contribution >= 4 is 0 Å². The highest BCUT2D eigenvalue weighted by molar-refractivity contribution is 5.38. The molecule has 0 amide bonds. The molecule has 0 aromatic carbocycles. The van der Waals surface area contributed by atoms with Crippen molar-refractivity contribution in [1.29, 1.82) is 0 Å². The summed E-state index contributed by atoms with van der Waals surface area (Å²) in [6.45, 7) is 15.8. The van der Waals surface area contributed by atoms with E-state index in [2.05, 4.69) is 64.3 Å². The van der Waals surface area contributed by atoms with E-state index in [9.17, 15) is 10.2 Å². The van der Waals surface area contributed by atoms with Crippen LogP contribution >= 0.6 is 0 Å². The average Bonchev–Trinajstić information content (AvgIpc) is 3.11. The number of hydrogen-bond acceptors (Lipinski definition) is 4. The summed E-state index contributed by atoms with van der Waals surface area (Å²) in [5.74, 6) is 1.20. The Hall–Kier alpha value is -1.20. The Kier molecular flexibility index (Phi) is 7.92. The molecule has 2 unspecified atom stereocenters. The molecule has 0 aliphatic heterocycles. The van der Waals surface area contributed by atoms with Gasteiger partial charge < -0.3 is 10.2 Å². The van der Waals surface area contributed by atoms with Crippen molar-refractivity contribution in [2.75, 3.05) is 0 Å². The van der Waals surface area contributed by atoms with Crippen molar-refractivity contribution in [2.45, 2.75) is 91.5 Å². The standard InChI is InChI=1S/C28H44O4/c1-18(2)19(3)9-10-20(4)24-13-14-25-22(8-7-15-27(24,25)6)11-12-23-17-28(30,32-31)26(29)16-21(23)5/h9-12,18-20,24-26,29-31H,5,7-8,13-17H2,1-4,6H3/t19-,20+,24+,25?,26?,27+,28+/m0/s1. The molecule has 0 heterocycles. The highest BCUT2D eigenvalue weighted by Gasteiger charge is 2.50. The lowest BCUT2D eigenvalue weighted by molar-refractivity contribution is -0.415. The lowest BCUT2D eigenvalue weighted by Crippen LogP contribution is -2.47. The smallest absolute Gasteiger partial charge is 0.229 e. The molecule has 3 saturated carbocycles. The van der Waals surface area contributed by atoms with Crippen LogP contribution in [0.2, 0.25) is 0 Å². The molecule has 32 heavy (non-hydrogen) atoms. The maximum atomic E-state index is 10.4. The van der Waals surface area contributed by atoms with Gasteiger partial charge in [0.1, 0.15) is 6.10 Å². The van der Waals surface area contributed by atoms with Crippen molar-refractivity contribution in [3.05, 3.63) is 47.6 Å². The SMILES string of the molecule is C=C1CC(O)[C@](O)(OO)CC1=CC=C1CCC[C@@]2(C)C1CC[C@@H]2[C@H](C)C=C[C@H](C)C(C)C. The number of hydrogen-bond donors (Lipinski definition) is 3. The number of fused-ring (bicyclic) bond motifs is 1. The molecule has 0 spiro atoms. The van der Waals surface area contributed by atoms with Crippen LogP contribution in [0.3, 0.4) is 0 Å². The van der Waals surface area contributed by atoms with E-state index < -0.39 is 11.9 Å². The summed E-state index contributed by atoms with van der Waals surface area (Å²) in [5.41, 5.74) is 3.44. The molecule has 3 rings (SSSR count). The van der Waals surface area contributed by atoms with Crippen LogP contribution in [0.1, 0.15) is 79.6 Å². The van der Waals surface area contributed by atoms with E-state index in [0.29, 0.717) is 35.0 Å². The zero-order chi connectivity index (χ0) is 23.7. The summed E-state index contributed by atoms with van der Waals surface area (Å²) in [4.78, 5) is 4.24. The van der Waals surface area contributed by atoms with Crippen LogP contribution in [0.15, 0.2) is 47.6 Å². The fourth-order valence-electron chi connectivity index (χ4n) is 6.37. The monoisotopic (exact) mass is 444 g/mol. The molecule has 3 aliphatic rings. The summed E-state index contributed by atoms with van der Waals surface area (Å²) in [6.07, 6.45) is 14.3. The number of allylic oxidation sites excluding steroid dienone is 5. The van der Waals surface area contributed by atoms with E-state index in [1.165, 1.54) is 31.3 Å². The fourth-order valence-corrected chi connectivity index (χ4v) is 6.37. The molecule has 3 N–H and O–H groups in total. The van der Waals surface area contributed by atoms with Gasteiger partial charge in [0.15, 0.2) is 0 Å². The number of rotatable bonds is 6. The summed E-state index contributed by atoms with van der Waals surface area (Å²) >= 11 is 0. The minimum atomic E-state index is -1.96. The first-order chi connectivity index (χ1) is 15.0. The molecule has 0 radical (unpaired) electrons. The molecule has 4 heteroatoms. The maximum Gasteiger partial charge on any atom is 0.229 e. The maximum absolute atomic E-state index is 10.4. The molecule has 0 aromatic rings. The molecule has 7 atom stereocenters. The quantitative estimate of drug-likeness (QED) is 0.191. The van der Waals surface area contributed by atoms with E-state index in [4.69, 9.17) is 5.26 Å². The predicted octanol–water partition coefficient (Wildman–Crippen LogP) is 6.43. The number of aliphatic hydroxyl groups excluding tert-OH is 1. The van der Waals surface area contributed by atoms with Crippen molar-refractivity contribution in [1.82, 2.24) is 0 Å². The van der Waals surface area contributed by atoms with Crippen molar-refractivity contribution in [3.8, 4) is 0 Å². The van der Waals surface area contributed by atoms with Gasteiger partial charge in [-0.25, -0.2) is 10.1 Å². The molecular weight excluding hydrogens is 400 g/mol. The van der Waals surface area contributed by atoms with Gasteiger partial charge in [-0.05, 0) is 78.3 Å². The van der Waals surface area contributed by atoms with Gasteiger partial charge in [-0.15, -0.1) is 0 Å². The van der Waals surface area contributed by atoms with Crippen molar-refractivity contribution < 1.29 is 20.4 Å². The second-order valence-corrected chi connectivity index (χ2v) is 11.3. The second-order valence-electron chi connectivity index (χ2n) is 11.3. The van der Waals surface area contributed by atoms with Gasteiger partial charge in [0.25, 0.3) is 0 Å². The Balaban J connectivity index is 1.78. The summed E-state index contributed by atoms with van der Waals surface area (Å²) in [6, 6.07) is 0. The van der Waals surface area contributed by atoms with Crippen LogP contribution in [0.5, 0.6) is 0 Å². The van der Waals surface area contributed by atoms with Gasteiger partial charge in [0.2, 0.25) is 5.79 Å². The molecule has 180 valence electrons. The molecule has 0 saturated heterocycles. The molecule has 0 aromatic heterocycles. The van der Waals surface area contributed by atoms with Gasteiger partial charge in [-0.3, -0.25) is 0 Å². The zero-order valence-electron chi connectivity index (χ0n) is 20.7. The molecule has 3 fully saturated rings. The average molecular weight is 445 g/mol. The Morgan fingerprint density at radius 1 is 1.12 bits per heavy atom. The molecule has 4 nitrogen and oxygen atoms in total. The summed E-state index contributed by atoms with van der Waals surface area (Å²) < 4.78 is 0. The van der Waals surface area contributed by atoms with Crippen LogP contribution in [0, 0.1) is 35.0 Å². The normalized spacial score (nSPS) is 40.4. The Bertz CT molecular complexity index is 778. The van der Waals surface area contributed by atoms with E-state index in [-0.39, 0.29) is 12.8 Å². The van der Waals surface area contributed by atoms with Crippen LogP contribution in [0.25, 0.3) is 0 Å². The lowest BCUT2D eigenvalue weighted by atomic mass is 9.61. The van der Waals surface area contributed by atoms with Crippen LogP contribution in [-0.4, -0.2) is 27.4 Å². The van der Waals surface area contributed by atoms with Crippen LogP contribution in [0.4, 0.5) is 0 Å². The topological polar surface area (TPSA) is 69.9 Å². The first-order valence-electron chi connectivity index (χ1n) is 12.5. The van der Waals surface area contributed by atoms with E-state index in [0.717, 1.165) is 17.6 Å². The third-order valence-corrected chi connectivity index (χ3v) is 8.96. The van der Waals surface area contributed by atoms with Crippen LogP contribution < -0.4 is 0 Å². The highest BCUT2D eigenvalue weighted by Crippen LogP contribution is 2.59. The van der Waals surface area contributed by atoms with Crippen LogP contribution in [-0.2, 0) is 4.89 Å². The van der Waals surface area contributed by atoms with Crippen molar-refractivity contribution in [3.63, 3.8) is 0 Å². The Morgan fingerprint density at radius 3 is 2.50 bits per heavy atom. The lowest BCUT2D eigenvalue weighted by Gasteiger charge is -2.44. The molecular formula is C28H44O4. The summed E-state index contributed by atoms with van der Waals surface area (Å²) in [7, 11) is 0. The first kappa shape index (κ1) is 25.4. The van der Waals surface area contributed by atoms with Gasteiger partial charge in [0.05, 0.1) is 0 Å². The second kappa shape index (κ2) is 9.97. The largest absolute Gasteiger partial charge is 0.387 e. The van der Waals surface area contributed by atoms with Gasteiger partial charge in [0, 0.05) is 12.8 Å². The van der Waals surface area contributed by atoms with E-state index in [1.807, 2.05) is 6.08 Å². The predicted molar refractivity (Wildman–Crippen MR) is 130 cm³/mol. The first-order valence-corrected chi connectivity index (χ1v) is 12.5. The Labute approximate surface area is 194 Å². The van der Waals surface area contributed by atoms with Gasteiger partial charge in [-0.2, -0.15) is 0 Å². The van der Waals surface area contributed by atoms with Gasteiger partial charge >= 0.3 is 0 Å². The summed E-state index contributed by atoms with van der Waals surface area (Å²) in [5, 5.41) is 29.5. The number of aliphatic hydroxyl groups is 2. The molecule has 0 bridgehead atoms. The third-order valence-electron chi connectivity index (χ3n) is 8.96. The third kappa shape index (κ3) is 4.99. The molecule has 3 aliphatic carbocycles. The van der Waals surface area contributed by atoms with E-state index >= 15 is 0 Å². The van der Waals surface area contributed by atoms with E-state index in [1.54, 1.807) is 0 Å². The highest BCUT2D eigenvalue weighted by atomic mass is 17.1. The van der Waals surface area contributed by atoms with Gasteiger partial charge in [-0.1, -0.05) is 71.1 Å². The minimum Gasteiger partial charge on any atom is -0.387 e.